The first-order chi connectivity index (χ1) is 8.81. The standard InChI is InChI=1S/C15H24N2O2/c1-14(2)10-17(11-15(3,18)9-16-14)12-5-7-13(19-4)8-6-12/h5-8,16,18H,9-11H2,1-4H3. The first kappa shape index (κ1) is 14.2. The molecular weight excluding hydrogens is 240 g/mol. The monoisotopic (exact) mass is 264 g/mol. The summed E-state index contributed by atoms with van der Waals surface area (Å²) in [5.41, 5.74) is 0.353. The number of aliphatic hydroxyl groups is 1. The lowest BCUT2D eigenvalue weighted by atomic mass is 10.1. The predicted molar refractivity (Wildman–Crippen MR) is 77.9 cm³/mol. The van der Waals surface area contributed by atoms with Gasteiger partial charge in [-0.05, 0) is 45.0 Å². The highest BCUT2D eigenvalue weighted by Crippen LogP contribution is 2.25. The minimum atomic E-state index is -0.728. The topological polar surface area (TPSA) is 44.7 Å². The molecule has 1 fully saturated rings. The third-order valence-corrected chi connectivity index (χ3v) is 3.50. The minimum absolute atomic E-state index is 0.0274. The van der Waals surface area contributed by atoms with E-state index < -0.39 is 5.60 Å². The number of hydrogen-bond acceptors (Lipinski definition) is 4. The van der Waals surface area contributed by atoms with Crippen LogP contribution in [0.25, 0.3) is 0 Å². The van der Waals surface area contributed by atoms with Gasteiger partial charge in [-0.3, -0.25) is 0 Å². The van der Waals surface area contributed by atoms with Gasteiger partial charge in [0.15, 0.2) is 0 Å². The normalized spacial score (nSPS) is 26.9. The smallest absolute Gasteiger partial charge is 0.119 e. The maximum Gasteiger partial charge on any atom is 0.119 e. The number of anilines is 1. The van der Waals surface area contributed by atoms with Crippen LogP contribution in [-0.2, 0) is 0 Å². The summed E-state index contributed by atoms with van der Waals surface area (Å²) in [7, 11) is 1.67. The van der Waals surface area contributed by atoms with Gasteiger partial charge in [-0.15, -0.1) is 0 Å². The Bertz CT molecular complexity index is 408. The molecule has 0 radical (unpaired) electrons. The molecule has 0 saturated carbocycles. The zero-order chi connectivity index (χ0) is 14.1. The molecule has 1 aliphatic rings. The van der Waals surface area contributed by atoms with Crippen molar-refractivity contribution >= 4 is 5.69 Å². The fourth-order valence-electron chi connectivity index (χ4n) is 2.46. The van der Waals surface area contributed by atoms with Crippen molar-refractivity contribution in [2.45, 2.75) is 31.9 Å². The van der Waals surface area contributed by atoms with E-state index in [2.05, 4.69) is 24.1 Å². The van der Waals surface area contributed by atoms with Gasteiger partial charge in [0.1, 0.15) is 5.75 Å². The Kier molecular flexibility index (Phi) is 3.74. The largest absolute Gasteiger partial charge is 0.497 e. The van der Waals surface area contributed by atoms with Crippen molar-refractivity contribution in [2.24, 2.45) is 0 Å². The molecule has 1 saturated heterocycles. The fourth-order valence-corrected chi connectivity index (χ4v) is 2.46. The fraction of sp³-hybridized carbons (Fsp3) is 0.600. The maximum absolute atomic E-state index is 10.4. The summed E-state index contributed by atoms with van der Waals surface area (Å²) in [5.74, 6) is 0.850. The third-order valence-electron chi connectivity index (χ3n) is 3.50. The Morgan fingerprint density at radius 3 is 2.37 bits per heavy atom. The average molecular weight is 264 g/mol. The number of rotatable bonds is 2. The highest BCUT2D eigenvalue weighted by atomic mass is 16.5. The first-order valence-electron chi connectivity index (χ1n) is 6.68. The first-order valence-corrected chi connectivity index (χ1v) is 6.68. The number of nitrogens with zero attached hydrogens (tertiary/aromatic N) is 1. The Morgan fingerprint density at radius 1 is 1.16 bits per heavy atom. The Balaban J connectivity index is 2.24. The third kappa shape index (κ3) is 3.61. The van der Waals surface area contributed by atoms with Crippen LogP contribution in [0.2, 0.25) is 0 Å². The molecule has 4 nitrogen and oxygen atoms in total. The van der Waals surface area contributed by atoms with Crippen LogP contribution in [0.15, 0.2) is 24.3 Å². The SMILES string of the molecule is COc1ccc(N2CC(C)(O)CNC(C)(C)C2)cc1. The molecule has 1 atom stereocenters. The highest BCUT2D eigenvalue weighted by Gasteiger charge is 2.34. The van der Waals surface area contributed by atoms with Crippen molar-refractivity contribution in [1.29, 1.82) is 0 Å². The van der Waals surface area contributed by atoms with Gasteiger partial charge in [0.05, 0.1) is 12.7 Å². The van der Waals surface area contributed by atoms with E-state index >= 15 is 0 Å². The van der Waals surface area contributed by atoms with Crippen LogP contribution in [0, 0.1) is 0 Å². The Hall–Kier alpha value is -1.26. The molecule has 1 unspecified atom stereocenters. The maximum atomic E-state index is 10.4. The van der Waals surface area contributed by atoms with Crippen LogP contribution < -0.4 is 15.0 Å². The van der Waals surface area contributed by atoms with Crippen LogP contribution in [0.1, 0.15) is 20.8 Å². The second-order valence-electron chi connectivity index (χ2n) is 6.29. The Labute approximate surface area is 115 Å². The highest BCUT2D eigenvalue weighted by molar-refractivity contribution is 5.50. The van der Waals surface area contributed by atoms with Crippen molar-refractivity contribution in [3.63, 3.8) is 0 Å². The van der Waals surface area contributed by atoms with Gasteiger partial charge in [-0.25, -0.2) is 0 Å². The molecule has 4 heteroatoms. The second kappa shape index (κ2) is 5.02. The molecule has 106 valence electrons. The minimum Gasteiger partial charge on any atom is -0.497 e. The van der Waals surface area contributed by atoms with Crippen LogP contribution in [0.4, 0.5) is 5.69 Å². The van der Waals surface area contributed by atoms with E-state index in [1.54, 1.807) is 7.11 Å². The number of benzene rings is 1. The molecule has 19 heavy (non-hydrogen) atoms. The molecule has 1 aromatic carbocycles. The Morgan fingerprint density at radius 2 is 1.79 bits per heavy atom. The molecule has 1 aromatic rings. The number of ether oxygens (including phenoxy) is 1. The van der Waals surface area contributed by atoms with E-state index in [0.717, 1.165) is 18.0 Å². The molecule has 0 spiro atoms. The molecule has 1 heterocycles. The lowest BCUT2D eigenvalue weighted by Crippen LogP contribution is -2.47. The summed E-state index contributed by atoms with van der Waals surface area (Å²) in [5, 5.41) is 13.8. The number of methoxy groups -OCH3 is 1. The van der Waals surface area contributed by atoms with Gasteiger partial charge >= 0.3 is 0 Å². The molecule has 2 rings (SSSR count). The van der Waals surface area contributed by atoms with Gasteiger partial charge in [0.2, 0.25) is 0 Å². The lowest BCUT2D eigenvalue weighted by molar-refractivity contribution is 0.0696. The van der Waals surface area contributed by atoms with Crippen molar-refractivity contribution in [2.75, 3.05) is 31.6 Å². The lowest BCUT2D eigenvalue weighted by Gasteiger charge is -2.32. The summed E-state index contributed by atoms with van der Waals surface area (Å²) in [6.07, 6.45) is 0. The van der Waals surface area contributed by atoms with E-state index in [-0.39, 0.29) is 5.54 Å². The van der Waals surface area contributed by atoms with Gasteiger partial charge in [0, 0.05) is 30.9 Å². The summed E-state index contributed by atoms with van der Waals surface area (Å²) in [6.45, 7) is 8.27. The summed E-state index contributed by atoms with van der Waals surface area (Å²) in [4.78, 5) is 2.22. The van der Waals surface area contributed by atoms with E-state index in [9.17, 15) is 5.11 Å². The number of β-amino-alcohol motifs (C(OH)–C–C–N with tert-alkyl or cyclic N) is 1. The van der Waals surface area contributed by atoms with Crippen LogP contribution in [0.5, 0.6) is 5.75 Å². The van der Waals surface area contributed by atoms with Crippen molar-refractivity contribution in [1.82, 2.24) is 5.32 Å². The zero-order valence-electron chi connectivity index (χ0n) is 12.2. The molecule has 0 aromatic heterocycles. The van der Waals surface area contributed by atoms with Crippen LogP contribution >= 0.6 is 0 Å². The summed E-state index contributed by atoms with van der Waals surface area (Å²) < 4.78 is 5.18. The van der Waals surface area contributed by atoms with Crippen molar-refractivity contribution in [3.05, 3.63) is 24.3 Å². The zero-order valence-corrected chi connectivity index (χ0v) is 12.2. The molecule has 1 aliphatic heterocycles. The van der Waals surface area contributed by atoms with E-state index in [1.165, 1.54) is 0 Å². The average Bonchev–Trinajstić information content (AvgIpc) is 2.46. The molecule has 0 amide bonds. The summed E-state index contributed by atoms with van der Waals surface area (Å²) in [6, 6.07) is 7.98. The van der Waals surface area contributed by atoms with Crippen LogP contribution in [-0.4, -0.2) is 43.0 Å². The molecule has 2 N–H and O–H groups in total. The van der Waals surface area contributed by atoms with Gasteiger partial charge in [0.25, 0.3) is 0 Å². The van der Waals surface area contributed by atoms with E-state index in [0.29, 0.717) is 13.1 Å². The number of hydrogen-bond donors (Lipinski definition) is 2. The molecule has 0 aliphatic carbocycles. The predicted octanol–water partition coefficient (Wildman–Crippen LogP) is 1.63. The van der Waals surface area contributed by atoms with E-state index in [1.807, 2.05) is 31.2 Å². The van der Waals surface area contributed by atoms with Crippen molar-refractivity contribution < 1.29 is 9.84 Å². The quantitative estimate of drug-likeness (QED) is 0.852. The van der Waals surface area contributed by atoms with Crippen LogP contribution in [0.3, 0.4) is 0 Å². The number of nitrogens with one attached hydrogen (secondary N) is 1. The summed E-state index contributed by atoms with van der Waals surface area (Å²) >= 11 is 0. The van der Waals surface area contributed by atoms with Crippen molar-refractivity contribution in [3.8, 4) is 5.75 Å². The second-order valence-corrected chi connectivity index (χ2v) is 6.29. The molecule has 0 bridgehead atoms. The van der Waals surface area contributed by atoms with Gasteiger partial charge < -0.3 is 20.1 Å². The van der Waals surface area contributed by atoms with Gasteiger partial charge in [-0.1, -0.05) is 0 Å². The van der Waals surface area contributed by atoms with E-state index in [4.69, 9.17) is 4.74 Å². The molecular formula is C15H24N2O2. The van der Waals surface area contributed by atoms with Gasteiger partial charge in [-0.2, -0.15) is 0 Å².